The van der Waals surface area contributed by atoms with Crippen LogP contribution in [0.3, 0.4) is 0 Å². The monoisotopic (exact) mass is 421 g/mol. The normalized spacial score (nSPS) is 12.0. The summed E-state index contributed by atoms with van der Waals surface area (Å²) < 4.78 is 38.0. The molecule has 0 saturated heterocycles. The van der Waals surface area contributed by atoms with E-state index in [-0.39, 0.29) is 6.42 Å². The SMILES string of the molecule is NC(=O)Cc1ccccc1-c1ccc2nc(C=Cc3ccc(C(F)(F)F)cc3)[nH]c2c1. The van der Waals surface area contributed by atoms with Crippen LogP contribution in [0.25, 0.3) is 34.3 Å². The third kappa shape index (κ3) is 4.66. The quantitative estimate of drug-likeness (QED) is 0.450. The average molecular weight is 421 g/mol. The molecule has 0 saturated carbocycles. The zero-order valence-electron chi connectivity index (χ0n) is 16.3. The fourth-order valence-electron chi connectivity index (χ4n) is 3.38. The fraction of sp³-hybridized carbons (Fsp3) is 0.0833. The lowest BCUT2D eigenvalue weighted by Crippen LogP contribution is -2.14. The van der Waals surface area contributed by atoms with Crippen molar-refractivity contribution < 1.29 is 18.0 Å². The number of benzene rings is 3. The van der Waals surface area contributed by atoms with Gasteiger partial charge in [-0.1, -0.05) is 48.5 Å². The minimum Gasteiger partial charge on any atom is -0.369 e. The first-order valence-corrected chi connectivity index (χ1v) is 9.51. The van der Waals surface area contributed by atoms with Crippen molar-refractivity contribution in [3.63, 3.8) is 0 Å². The van der Waals surface area contributed by atoms with E-state index in [9.17, 15) is 18.0 Å². The van der Waals surface area contributed by atoms with Crippen LogP contribution in [0.5, 0.6) is 0 Å². The van der Waals surface area contributed by atoms with Crippen LogP contribution in [0.1, 0.15) is 22.5 Å². The Bertz CT molecular complexity index is 1270. The molecule has 1 amide bonds. The van der Waals surface area contributed by atoms with Gasteiger partial charge in [0.15, 0.2) is 0 Å². The second kappa shape index (κ2) is 8.10. The summed E-state index contributed by atoms with van der Waals surface area (Å²) in [6.45, 7) is 0. The van der Waals surface area contributed by atoms with Gasteiger partial charge in [0.1, 0.15) is 5.82 Å². The molecule has 3 aromatic carbocycles. The molecule has 3 N–H and O–H groups in total. The number of hydrogen-bond donors (Lipinski definition) is 2. The summed E-state index contributed by atoms with van der Waals surface area (Å²) in [5.41, 5.74) is 9.55. The predicted octanol–water partition coefficient (Wildman–Crippen LogP) is 5.45. The van der Waals surface area contributed by atoms with Crippen LogP contribution in [-0.2, 0) is 17.4 Å². The minimum atomic E-state index is -4.35. The fourth-order valence-corrected chi connectivity index (χ4v) is 3.38. The molecule has 4 aromatic rings. The molecule has 0 aliphatic carbocycles. The Morgan fingerprint density at radius 3 is 2.45 bits per heavy atom. The maximum Gasteiger partial charge on any atom is 0.416 e. The Labute approximate surface area is 176 Å². The topological polar surface area (TPSA) is 71.8 Å². The number of imidazole rings is 1. The summed E-state index contributed by atoms with van der Waals surface area (Å²) in [6, 6.07) is 18.2. The Balaban J connectivity index is 1.60. The molecule has 0 atom stereocenters. The standard InChI is InChI=1S/C24H18F3N3O/c25-24(26,27)18-9-5-15(6-10-18)7-12-23-29-20-11-8-17(13-21(20)30-23)19-4-2-1-3-16(19)14-22(28)31/h1-13H,14H2,(H2,28,31)(H,29,30). The van der Waals surface area contributed by atoms with E-state index in [1.54, 1.807) is 12.2 Å². The molecule has 7 heteroatoms. The molecule has 0 aliphatic rings. The molecule has 4 rings (SSSR count). The number of aromatic nitrogens is 2. The summed E-state index contributed by atoms with van der Waals surface area (Å²) in [4.78, 5) is 19.1. The lowest BCUT2D eigenvalue weighted by molar-refractivity contribution is -0.137. The number of H-pyrrole nitrogens is 1. The van der Waals surface area contributed by atoms with Gasteiger partial charge in [0.2, 0.25) is 5.91 Å². The molecule has 0 unspecified atom stereocenters. The van der Waals surface area contributed by atoms with Gasteiger partial charge < -0.3 is 10.7 Å². The molecule has 0 bridgehead atoms. The van der Waals surface area contributed by atoms with E-state index in [4.69, 9.17) is 5.73 Å². The third-order valence-electron chi connectivity index (χ3n) is 4.86. The summed E-state index contributed by atoms with van der Waals surface area (Å²) in [5.74, 6) is 0.184. The van der Waals surface area contributed by atoms with Crippen molar-refractivity contribution in [2.24, 2.45) is 5.73 Å². The van der Waals surface area contributed by atoms with E-state index in [1.165, 1.54) is 12.1 Å². The van der Waals surface area contributed by atoms with Gasteiger partial charge in [0, 0.05) is 0 Å². The van der Waals surface area contributed by atoms with E-state index in [0.29, 0.717) is 11.4 Å². The molecule has 0 aliphatic heterocycles. The first-order valence-electron chi connectivity index (χ1n) is 9.51. The number of fused-ring (bicyclic) bond motifs is 1. The summed E-state index contributed by atoms with van der Waals surface area (Å²) in [6.07, 6.45) is -0.794. The lowest BCUT2D eigenvalue weighted by atomic mass is 9.97. The number of carbonyl (C=O) groups excluding carboxylic acids is 1. The number of amides is 1. The molecule has 4 nitrogen and oxygen atoms in total. The second-order valence-electron chi connectivity index (χ2n) is 7.11. The number of carbonyl (C=O) groups is 1. The number of primary amides is 1. The molecule has 156 valence electrons. The van der Waals surface area contributed by atoms with E-state index in [2.05, 4.69) is 9.97 Å². The van der Waals surface area contributed by atoms with Crippen LogP contribution >= 0.6 is 0 Å². The molecule has 0 fully saturated rings. The van der Waals surface area contributed by atoms with E-state index in [1.807, 2.05) is 42.5 Å². The number of alkyl halides is 3. The third-order valence-corrected chi connectivity index (χ3v) is 4.86. The highest BCUT2D eigenvalue weighted by Crippen LogP contribution is 2.30. The molecule has 0 radical (unpaired) electrons. The van der Waals surface area contributed by atoms with Crippen LogP contribution in [0, 0.1) is 0 Å². The zero-order chi connectivity index (χ0) is 22.0. The van der Waals surface area contributed by atoms with Gasteiger partial charge in [-0.25, -0.2) is 4.98 Å². The Hall–Kier alpha value is -3.87. The highest BCUT2D eigenvalue weighted by molar-refractivity contribution is 5.86. The minimum absolute atomic E-state index is 0.151. The Morgan fingerprint density at radius 1 is 1.00 bits per heavy atom. The van der Waals surface area contributed by atoms with E-state index >= 15 is 0 Å². The van der Waals surface area contributed by atoms with Gasteiger partial charge in [0.25, 0.3) is 0 Å². The molecular weight excluding hydrogens is 403 g/mol. The van der Waals surface area contributed by atoms with Crippen LogP contribution < -0.4 is 5.73 Å². The molecule has 0 spiro atoms. The van der Waals surface area contributed by atoms with Crippen LogP contribution in [0.4, 0.5) is 13.2 Å². The highest BCUT2D eigenvalue weighted by atomic mass is 19.4. The molecule has 31 heavy (non-hydrogen) atoms. The van der Waals surface area contributed by atoms with Gasteiger partial charge in [-0.3, -0.25) is 4.79 Å². The Kier molecular flexibility index (Phi) is 5.33. The largest absolute Gasteiger partial charge is 0.416 e. The highest BCUT2D eigenvalue weighted by Gasteiger charge is 2.29. The second-order valence-corrected chi connectivity index (χ2v) is 7.11. The summed E-state index contributed by atoms with van der Waals surface area (Å²) in [5, 5.41) is 0. The molecule has 1 aromatic heterocycles. The Morgan fingerprint density at radius 2 is 1.74 bits per heavy atom. The number of nitrogens with one attached hydrogen (secondary N) is 1. The van der Waals surface area contributed by atoms with Crippen molar-refractivity contribution in [3.05, 3.63) is 89.2 Å². The van der Waals surface area contributed by atoms with Gasteiger partial charge in [-0.05, 0) is 52.6 Å². The molecule has 1 heterocycles. The van der Waals surface area contributed by atoms with Gasteiger partial charge in [-0.15, -0.1) is 0 Å². The number of rotatable bonds is 5. The number of hydrogen-bond acceptors (Lipinski definition) is 2. The number of halogens is 3. The summed E-state index contributed by atoms with van der Waals surface area (Å²) >= 11 is 0. The zero-order valence-corrected chi connectivity index (χ0v) is 16.3. The van der Waals surface area contributed by atoms with Crippen molar-refractivity contribution >= 4 is 29.1 Å². The van der Waals surface area contributed by atoms with Gasteiger partial charge in [0.05, 0.1) is 23.0 Å². The van der Waals surface area contributed by atoms with Gasteiger partial charge >= 0.3 is 6.18 Å². The van der Waals surface area contributed by atoms with Crippen LogP contribution in [0.2, 0.25) is 0 Å². The maximum atomic E-state index is 12.7. The van der Waals surface area contributed by atoms with Crippen LogP contribution in [-0.4, -0.2) is 15.9 Å². The number of aromatic amines is 1. The van der Waals surface area contributed by atoms with E-state index < -0.39 is 17.6 Å². The molecular formula is C24H18F3N3O. The van der Waals surface area contributed by atoms with Gasteiger partial charge in [-0.2, -0.15) is 13.2 Å². The van der Waals surface area contributed by atoms with Crippen molar-refractivity contribution in [3.8, 4) is 11.1 Å². The van der Waals surface area contributed by atoms with Crippen molar-refractivity contribution in [1.29, 1.82) is 0 Å². The predicted molar refractivity (Wildman–Crippen MR) is 115 cm³/mol. The number of nitrogens with two attached hydrogens (primary N) is 1. The first-order chi connectivity index (χ1) is 14.8. The van der Waals surface area contributed by atoms with Crippen molar-refractivity contribution in [1.82, 2.24) is 9.97 Å². The summed E-state index contributed by atoms with van der Waals surface area (Å²) in [7, 11) is 0. The van der Waals surface area contributed by atoms with Crippen molar-refractivity contribution in [2.75, 3.05) is 0 Å². The van der Waals surface area contributed by atoms with Crippen molar-refractivity contribution in [2.45, 2.75) is 12.6 Å². The number of nitrogens with zero attached hydrogens (tertiary/aromatic N) is 1. The smallest absolute Gasteiger partial charge is 0.369 e. The first kappa shape index (κ1) is 20.4. The van der Waals surface area contributed by atoms with Crippen LogP contribution in [0.15, 0.2) is 66.7 Å². The lowest BCUT2D eigenvalue weighted by Gasteiger charge is -2.08. The maximum absolute atomic E-state index is 12.7. The average Bonchev–Trinajstić information content (AvgIpc) is 3.14. The van der Waals surface area contributed by atoms with E-state index in [0.717, 1.165) is 39.9 Å².